The first kappa shape index (κ1) is 16.4. The van der Waals surface area contributed by atoms with Gasteiger partial charge in [0.05, 0.1) is 18.9 Å². The predicted molar refractivity (Wildman–Crippen MR) is 83.5 cm³/mol. The third kappa shape index (κ3) is 4.11. The molecule has 24 heavy (non-hydrogen) atoms. The van der Waals surface area contributed by atoms with Gasteiger partial charge in [-0.3, -0.25) is 0 Å². The summed E-state index contributed by atoms with van der Waals surface area (Å²) in [5.41, 5.74) is 0.190. The fourth-order valence-electron chi connectivity index (χ4n) is 2.62. The second-order valence-electron chi connectivity index (χ2n) is 5.65. The van der Waals surface area contributed by atoms with E-state index in [2.05, 4.69) is 5.32 Å². The SMILES string of the molecule is O=C(Nc1ccc(F)c(F)c1)N(Cc1ccco1)CC1CCCO1. The van der Waals surface area contributed by atoms with Crippen LogP contribution in [-0.2, 0) is 11.3 Å². The van der Waals surface area contributed by atoms with E-state index in [-0.39, 0.29) is 18.3 Å². The average molecular weight is 336 g/mol. The summed E-state index contributed by atoms with van der Waals surface area (Å²) < 4.78 is 37.1. The molecular formula is C17H18F2N2O3. The van der Waals surface area contributed by atoms with E-state index in [1.165, 1.54) is 17.2 Å². The highest BCUT2D eigenvalue weighted by atomic mass is 19.2. The van der Waals surface area contributed by atoms with Crippen molar-refractivity contribution in [2.45, 2.75) is 25.5 Å². The van der Waals surface area contributed by atoms with Crippen molar-refractivity contribution in [1.29, 1.82) is 0 Å². The lowest BCUT2D eigenvalue weighted by Crippen LogP contribution is -2.39. The molecule has 2 amide bonds. The van der Waals surface area contributed by atoms with E-state index in [1.807, 2.05) is 0 Å². The molecule has 1 aromatic carbocycles. The molecular weight excluding hydrogens is 318 g/mol. The van der Waals surface area contributed by atoms with Gasteiger partial charge in [-0.1, -0.05) is 0 Å². The number of anilines is 1. The fraction of sp³-hybridized carbons (Fsp3) is 0.353. The summed E-state index contributed by atoms with van der Waals surface area (Å²) >= 11 is 0. The Bertz CT molecular complexity index is 685. The van der Waals surface area contributed by atoms with Gasteiger partial charge in [0.15, 0.2) is 11.6 Å². The summed E-state index contributed by atoms with van der Waals surface area (Å²) in [7, 11) is 0. The van der Waals surface area contributed by atoms with Gasteiger partial charge in [0.25, 0.3) is 0 Å². The van der Waals surface area contributed by atoms with E-state index < -0.39 is 17.7 Å². The van der Waals surface area contributed by atoms with E-state index in [0.717, 1.165) is 25.0 Å². The van der Waals surface area contributed by atoms with Crippen LogP contribution in [0.5, 0.6) is 0 Å². The Hall–Kier alpha value is -2.41. The maximum absolute atomic E-state index is 13.3. The van der Waals surface area contributed by atoms with Crippen molar-refractivity contribution in [3.05, 3.63) is 54.0 Å². The molecule has 3 rings (SSSR count). The molecule has 1 aromatic heterocycles. The monoisotopic (exact) mass is 336 g/mol. The summed E-state index contributed by atoms with van der Waals surface area (Å²) in [4.78, 5) is 14.1. The van der Waals surface area contributed by atoms with Gasteiger partial charge in [0, 0.05) is 24.9 Å². The van der Waals surface area contributed by atoms with E-state index in [1.54, 1.807) is 12.1 Å². The standard InChI is InChI=1S/C17H18F2N2O3/c18-15-6-5-12(9-16(15)19)20-17(22)21(10-13-3-1-7-23-13)11-14-4-2-8-24-14/h1,3,5-7,9,14H,2,4,8,10-11H2,(H,20,22). The Morgan fingerprint density at radius 3 is 2.83 bits per heavy atom. The summed E-state index contributed by atoms with van der Waals surface area (Å²) in [6.07, 6.45) is 3.35. The quantitative estimate of drug-likeness (QED) is 0.904. The largest absolute Gasteiger partial charge is 0.467 e. The minimum absolute atomic E-state index is 0.0318. The minimum Gasteiger partial charge on any atom is -0.467 e. The zero-order valence-electron chi connectivity index (χ0n) is 13.0. The van der Waals surface area contributed by atoms with E-state index in [4.69, 9.17) is 9.15 Å². The van der Waals surface area contributed by atoms with Crippen LogP contribution in [0.15, 0.2) is 41.0 Å². The van der Waals surface area contributed by atoms with Crippen LogP contribution in [-0.4, -0.2) is 30.2 Å². The number of hydrogen-bond acceptors (Lipinski definition) is 3. The number of furan rings is 1. The van der Waals surface area contributed by atoms with Gasteiger partial charge in [-0.25, -0.2) is 13.6 Å². The molecule has 1 atom stereocenters. The number of halogens is 2. The first-order chi connectivity index (χ1) is 11.6. The third-order valence-electron chi connectivity index (χ3n) is 3.83. The summed E-state index contributed by atoms with van der Waals surface area (Å²) in [5.74, 6) is -1.34. The molecule has 2 aromatic rings. The Kier molecular flexibility index (Phi) is 5.10. The Morgan fingerprint density at radius 2 is 2.17 bits per heavy atom. The lowest BCUT2D eigenvalue weighted by atomic mass is 10.2. The second-order valence-corrected chi connectivity index (χ2v) is 5.65. The fourth-order valence-corrected chi connectivity index (χ4v) is 2.62. The molecule has 1 saturated heterocycles. The number of nitrogens with one attached hydrogen (secondary N) is 1. The van der Waals surface area contributed by atoms with Crippen LogP contribution in [0.1, 0.15) is 18.6 Å². The highest BCUT2D eigenvalue weighted by molar-refractivity contribution is 5.89. The maximum atomic E-state index is 13.3. The molecule has 5 nitrogen and oxygen atoms in total. The van der Waals surface area contributed by atoms with Crippen molar-refractivity contribution < 1.29 is 22.7 Å². The summed E-state index contributed by atoms with van der Waals surface area (Å²) in [6.45, 7) is 1.35. The van der Waals surface area contributed by atoms with Crippen LogP contribution in [0, 0.1) is 11.6 Å². The molecule has 1 fully saturated rings. The van der Waals surface area contributed by atoms with Crippen molar-refractivity contribution >= 4 is 11.7 Å². The van der Waals surface area contributed by atoms with Crippen LogP contribution in [0.4, 0.5) is 19.3 Å². The van der Waals surface area contributed by atoms with Crippen molar-refractivity contribution in [1.82, 2.24) is 4.90 Å². The topological polar surface area (TPSA) is 54.7 Å². The number of carbonyl (C=O) groups is 1. The number of carbonyl (C=O) groups excluding carboxylic acids is 1. The second kappa shape index (κ2) is 7.44. The number of rotatable bonds is 5. The van der Waals surface area contributed by atoms with E-state index in [0.29, 0.717) is 18.9 Å². The zero-order chi connectivity index (χ0) is 16.9. The van der Waals surface area contributed by atoms with Gasteiger partial charge in [0.1, 0.15) is 5.76 Å². The Labute approximate surface area is 138 Å². The van der Waals surface area contributed by atoms with Gasteiger partial charge in [-0.2, -0.15) is 0 Å². The van der Waals surface area contributed by atoms with Gasteiger partial charge >= 0.3 is 6.03 Å². The number of nitrogens with zero attached hydrogens (tertiary/aromatic N) is 1. The van der Waals surface area contributed by atoms with Crippen LogP contribution >= 0.6 is 0 Å². The zero-order valence-corrected chi connectivity index (χ0v) is 13.0. The van der Waals surface area contributed by atoms with Gasteiger partial charge < -0.3 is 19.4 Å². The molecule has 0 saturated carbocycles. The van der Waals surface area contributed by atoms with E-state index >= 15 is 0 Å². The van der Waals surface area contributed by atoms with Crippen molar-refractivity contribution in [2.24, 2.45) is 0 Å². The minimum atomic E-state index is -1.01. The molecule has 0 radical (unpaired) electrons. The lowest BCUT2D eigenvalue weighted by Gasteiger charge is -2.25. The van der Waals surface area contributed by atoms with Gasteiger partial charge in [0.2, 0.25) is 0 Å². The number of benzene rings is 1. The van der Waals surface area contributed by atoms with Crippen molar-refractivity contribution in [2.75, 3.05) is 18.5 Å². The van der Waals surface area contributed by atoms with Crippen LogP contribution in [0.3, 0.4) is 0 Å². The highest BCUT2D eigenvalue weighted by Crippen LogP contribution is 2.18. The number of ether oxygens (including phenoxy) is 1. The maximum Gasteiger partial charge on any atom is 0.322 e. The average Bonchev–Trinajstić information content (AvgIpc) is 3.24. The normalized spacial score (nSPS) is 17.0. The molecule has 0 spiro atoms. The molecule has 0 bridgehead atoms. The van der Waals surface area contributed by atoms with Crippen molar-refractivity contribution in [3.8, 4) is 0 Å². The first-order valence-electron chi connectivity index (χ1n) is 7.77. The molecule has 1 unspecified atom stereocenters. The molecule has 1 aliphatic rings. The molecule has 1 N–H and O–H groups in total. The number of amides is 2. The Balaban J connectivity index is 1.70. The third-order valence-corrected chi connectivity index (χ3v) is 3.83. The van der Waals surface area contributed by atoms with Crippen molar-refractivity contribution in [3.63, 3.8) is 0 Å². The lowest BCUT2D eigenvalue weighted by molar-refractivity contribution is 0.0803. The Morgan fingerprint density at radius 1 is 1.29 bits per heavy atom. The molecule has 7 heteroatoms. The van der Waals surface area contributed by atoms with Crippen LogP contribution in [0.2, 0.25) is 0 Å². The molecule has 2 heterocycles. The van der Waals surface area contributed by atoms with E-state index in [9.17, 15) is 13.6 Å². The summed E-state index contributed by atoms with van der Waals surface area (Å²) in [5, 5.41) is 2.58. The highest BCUT2D eigenvalue weighted by Gasteiger charge is 2.23. The summed E-state index contributed by atoms with van der Waals surface area (Å²) in [6, 6.07) is 6.33. The molecule has 128 valence electrons. The van der Waals surface area contributed by atoms with Crippen LogP contribution in [0.25, 0.3) is 0 Å². The molecule has 1 aliphatic heterocycles. The van der Waals surface area contributed by atoms with Gasteiger partial charge in [-0.15, -0.1) is 0 Å². The number of hydrogen-bond donors (Lipinski definition) is 1. The molecule has 0 aliphatic carbocycles. The van der Waals surface area contributed by atoms with Gasteiger partial charge in [-0.05, 0) is 37.1 Å². The van der Waals surface area contributed by atoms with Crippen LogP contribution < -0.4 is 5.32 Å². The predicted octanol–water partition coefficient (Wildman–Crippen LogP) is 3.77. The number of urea groups is 1. The first-order valence-corrected chi connectivity index (χ1v) is 7.77. The smallest absolute Gasteiger partial charge is 0.322 e.